The van der Waals surface area contributed by atoms with E-state index in [0.29, 0.717) is 12.1 Å². The van der Waals surface area contributed by atoms with Gasteiger partial charge < -0.3 is 0 Å². The molecule has 2 nitrogen and oxygen atoms in total. The van der Waals surface area contributed by atoms with Gasteiger partial charge in [0.05, 0.1) is 6.10 Å². The summed E-state index contributed by atoms with van der Waals surface area (Å²) in [7, 11) is 0. The molecule has 2 aliphatic rings. The zero-order chi connectivity index (χ0) is 11.4. The summed E-state index contributed by atoms with van der Waals surface area (Å²) in [6, 6.07) is 0.613. The largest absolute Gasteiger partial charge is 0.298 e. The van der Waals surface area contributed by atoms with Crippen LogP contribution in [0.15, 0.2) is 0 Å². The number of hydroxylamine groups is 1. The fourth-order valence-corrected chi connectivity index (χ4v) is 3.14. The Hall–Kier alpha value is -0.0800. The van der Waals surface area contributed by atoms with E-state index in [1.54, 1.807) is 0 Å². The van der Waals surface area contributed by atoms with Gasteiger partial charge in [0.1, 0.15) is 0 Å². The van der Waals surface area contributed by atoms with Crippen LogP contribution in [-0.2, 0) is 4.84 Å². The Morgan fingerprint density at radius 3 is 2.44 bits per heavy atom. The number of hydrogen-bond donors (Lipinski definition) is 1. The van der Waals surface area contributed by atoms with Crippen LogP contribution >= 0.6 is 0 Å². The molecular formula is C14H27NO. The highest BCUT2D eigenvalue weighted by molar-refractivity contribution is 4.78. The molecule has 2 rings (SSSR count). The van der Waals surface area contributed by atoms with Crippen molar-refractivity contribution in [1.29, 1.82) is 0 Å². The van der Waals surface area contributed by atoms with Crippen molar-refractivity contribution in [2.24, 2.45) is 11.8 Å². The zero-order valence-corrected chi connectivity index (χ0v) is 10.9. The molecule has 1 N–H and O–H groups in total. The van der Waals surface area contributed by atoms with Gasteiger partial charge in [-0.25, -0.2) is 0 Å². The average molecular weight is 225 g/mol. The normalized spacial score (nSPS) is 32.4. The third-order valence-corrected chi connectivity index (χ3v) is 4.36. The molecule has 0 amide bonds. The second kappa shape index (κ2) is 6.02. The van der Waals surface area contributed by atoms with Crippen LogP contribution in [0.2, 0.25) is 0 Å². The molecule has 2 aliphatic carbocycles. The molecular weight excluding hydrogens is 198 g/mol. The van der Waals surface area contributed by atoms with E-state index in [1.807, 2.05) is 0 Å². The van der Waals surface area contributed by atoms with Crippen LogP contribution in [0.5, 0.6) is 0 Å². The molecule has 2 saturated carbocycles. The smallest absolute Gasteiger partial charge is 0.0790 e. The van der Waals surface area contributed by atoms with Crippen molar-refractivity contribution in [2.45, 2.75) is 77.4 Å². The molecule has 94 valence electrons. The highest BCUT2D eigenvalue weighted by atomic mass is 16.7. The van der Waals surface area contributed by atoms with E-state index >= 15 is 0 Å². The molecule has 0 aromatic heterocycles. The standard InChI is InChI=1S/C14H27NO/c1-11(2)12-6-5-7-13(10-12)15-16-14-8-3-4-9-14/h11-15H,3-10H2,1-2H3. The van der Waals surface area contributed by atoms with Crippen molar-refractivity contribution >= 4 is 0 Å². The van der Waals surface area contributed by atoms with E-state index < -0.39 is 0 Å². The van der Waals surface area contributed by atoms with Crippen LogP contribution in [0.4, 0.5) is 0 Å². The molecule has 0 heterocycles. The predicted molar refractivity (Wildman–Crippen MR) is 67.1 cm³/mol. The molecule has 2 unspecified atom stereocenters. The van der Waals surface area contributed by atoms with Crippen LogP contribution < -0.4 is 5.48 Å². The van der Waals surface area contributed by atoms with Gasteiger partial charge in [0.15, 0.2) is 0 Å². The molecule has 2 fully saturated rings. The van der Waals surface area contributed by atoms with Crippen molar-refractivity contribution in [1.82, 2.24) is 5.48 Å². The molecule has 0 spiro atoms. The first-order chi connectivity index (χ1) is 7.75. The molecule has 2 heteroatoms. The predicted octanol–water partition coefficient (Wildman–Crippen LogP) is 3.67. The maximum Gasteiger partial charge on any atom is 0.0790 e. The molecule has 0 saturated heterocycles. The fourth-order valence-electron chi connectivity index (χ4n) is 3.14. The lowest BCUT2D eigenvalue weighted by atomic mass is 9.79. The molecule has 0 aromatic rings. The van der Waals surface area contributed by atoms with Crippen molar-refractivity contribution < 1.29 is 4.84 Å². The zero-order valence-electron chi connectivity index (χ0n) is 10.9. The van der Waals surface area contributed by atoms with E-state index in [0.717, 1.165) is 11.8 Å². The van der Waals surface area contributed by atoms with Crippen molar-refractivity contribution in [2.75, 3.05) is 0 Å². The lowest BCUT2D eigenvalue weighted by Crippen LogP contribution is -2.37. The van der Waals surface area contributed by atoms with Gasteiger partial charge in [-0.3, -0.25) is 4.84 Å². The van der Waals surface area contributed by atoms with Gasteiger partial charge in [-0.2, -0.15) is 5.48 Å². The Morgan fingerprint density at radius 1 is 1.00 bits per heavy atom. The highest BCUT2D eigenvalue weighted by Crippen LogP contribution is 2.30. The van der Waals surface area contributed by atoms with Crippen LogP contribution in [-0.4, -0.2) is 12.1 Å². The summed E-state index contributed by atoms with van der Waals surface area (Å²) in [6.07, 6.45) is 11.1. The summed E-state index contributed by atoms with van der Waals surface area (Å²) in [6.45, 7) is 4.70. The minimum Gasteiger partial charge on any atom is -0.298 e. The van der Waals surface area contributed by atoms with E-state index in [1.165, 1.54) is 51.4 Å². The summed E-state index contributed by atoms with van der Waals surface area (Å²) in [5, 5.41) is 0. The van der Waals surface area contributed by atoms with Crippen LogP contribution in [0.25, 0.3) is 0 Å². The van der Waals surface area contributed by atoms with Gasteiger partial charge in [0.2, 0.25) is 0 Å². The molecule has 0 aliphatic heterocycles. The third kappa shape index (κ3) is 3.46. The molecule has 2 atom stereocenters. The van der Waals surface area contributed by atoms with Crippen molar-refractivity contribution in [3.63, 3.8) is 0 Å². The second-order valence-corrected chi connectivity index (χ2v) is 6.01. The Bertz CT molecular complexity index is 199. The van der Waals surface area contributed by atoms with Gasteiger partial charge >= 0.3 is 0 Å². The average Bonchev–Trinajstić information content (AvgIpc) is 2.79. The lowest BCUT2D eigenvalue weighted by Gasteiger charge is -2.32. The summed E-state index contributed by atoms with van der Waals surface area (Å²) < 4.78 is 0. The summed E-state index contributed by atoms with van der Waals surface area (Å²) in [4.78, 5) is 5.82. The van der Waals surface area contributed by atoms with Crippen LogP contribution in [0.1, 0.15) is 65.2 Å². The first-order valence-electron chi connectivity index (χ1n) is 7.17. The Labute approximate surface area is 100 Å². The van der Waals surface area contributed by atoms with Gasteiger partial charge in [-0.15, -0.1) is 0 Å². The van der Waals surface area contributed by atoms with Crippen LogP contribution in [0, 0.1) is 11.8 Å². The number of hydrogen-bond acceptors (Lipinski definition) is 2. The summed E-state index contributed by atoms with van der Waals surface area (Å²) in [5.41, 5.74) is 3.35. The summed E-state index contributed by atoms with van der Waals surface area (Å²) >= 11 is 0. The quantitative estimate of drug-likeness (QED) is 0.737. The first kappa shape index (κ1) is 12.4. The van der Waals surface area contributed by atoms with Crippen molar-refractivity contribution in [3.8, 4) is 0 Å². The third-order valence-electron chi connectivity index (χ3n) is 4.36. The monoisotopic (exact) mass is 225 g/mol. The van der Waals surface area contributed by atoms with E-state index in [9.17, 15) is 0 Å². The Balaban J connectivity index is 1.68. The van der Waals surface area contributed by atoms with Crippen molar-refractivity contribution in [3.05, 3.63) is 0 Å². The fraction of sp³-hybridized carbons (Fsp3) is 1.00. The first-order valence-corrected chi connectivity index (χ1v) is 7.17. The van der Waals surface area contributed by atoms with E-state index in [2.05, 4.69) is 19.3 Å². The van der Waals surface area contributed by atoms with Crippen LogP contribution in [0.3, 0.4) is 0 Å². The summed E-state index contributed by atoms with van der Waals surface area (Å²) in [5.74, 6) is 1.73. The van der Waals surface area contributed by atoms with Gasteiger partial charge in [0.25, 0.3) is 0 Å². The molecule has 0 bridgehead atoms. The van der Waals surface area contributed by atoms with E-state index in [-0.39, 0.29) is 0 Å². The van der Waals surface area contributed by atoms with Gasteiger partial charge in [-0.1, -0.05) is 39.5 Å². The number of rotatable bonds is 4. The minimum atomic E-state index is 0.499. The van der Waals surface area contributed by atoms with Gasteiger partial charge in [0, 0.05) is 6.04 Å². The lowest BCUT2D eigenvalue weighted by molar-refractivity contribution is -0.0513. The maximum atomic E-state index is 5.82. The Kier molecular flexibility index (Phi) is 4.66. The topological polar surface area (TPSA) is 21.3 Å². The SMILES string of the molecule is CC(C)C1CCCC(NOC2CCCC2)C1. The minimum absolute atomic E-state index is 0.499. The molecule has 0 aromatic carbocycles. The maximum absolute atomic E-state index is 5.82. The molecule has 16 heavy (non-hydrogen) atoms. The highest BCUT2D eigenvalue weighted by Gasteiger charge is 2.25. The Morgan fingerprint density at radius 2 is 1.75 bits per heavy atom. The number of nitrogens with one attached hydrogen (secondary N) is 1. The second-order valence-electron chi connectivity index (χ2n) is 6.01. The van der Waals surface area contributed by atoms with Gasteiger partial charge in [-0.05, 0) is 37.5 Å². The molecule has 0 radical (unpaired) electrons. The van der Waals surface area contributed by atoms with E-state index in [4.69, 9.17) is 4.84 Å².